The van der Waals surface area contributed by atoms with E-state index in [9.17, 15) is 0 Å². The Kier molecular flexibility index (Phi) is 2.54. The van der Waals surface area contributed by atoms with Crippen LogP contribution in [-0.2, 0) is 0 Å². The first-order valence-corrected chi connectivity index (χ1v) is 6.20. The molecular formula is C18H14. The van der Waals surface area contributed by atoms with E-state index in [-0.39, 0.29) is 0 Å². The third-order valence-corrected chi connectivity index (χ3v) is 3.47. The second-order valence-electron chi connectivity index (χ2n) is 4.48. The zero-order valence-corrected chi connectivity index (χ0v) is 10.4. The second kappa shape index (κ2) is 4.20. The van der Waals surface area contributed by atoms with Gasteiger partial charge in [-0.15, -0.1) is 6.42 Å². The Morgan fingerprint density at radius 3 is 2.89 bits per heavy atom. The first-order valence-electron chi connectivity index (χ1n) is 6.20. The van der Waals surface area contributed by atoms with Gasteiger partial charge in [0.15, 0.2) is 0 Å². The van der Waals surface area contributed by atoms with Crippen LogP contribution in [0.4, 0.5) is 0 Å². The molecule has 0 aliphatic heterocycles. The highest BCUT2D eigenvalue weighted by atomic mass is 14.3. The Morgan fingerprint density at radius 2 is 2.11 bits per heavy atom. The highest BCUT2D eigenvalue weighted by Crippen LogP contribution is 2.47. The van der Waals surface area contributed by atoms with Gasteiger partial charge in [-0.3, -0.25) is 0 Å². The molecule has 0 radical (unpaired) electrons. The maximum atomic E-state index is 5.70. The van der Waals surface area contributed by atoms with Crippen molar-refractivity contribution in [2.75, 3.05) is 0 Å². The summed E-state index contributed by atoms with van der Waals surface area (Å²) in [6.07, 6.45) is 23.7. The van der Waals surface area contributed by atoms with Gasteiger partial charge in [0.25, 0.3) is 0 Å². The van der Waals surface area contributed by atoms with Gasteiger partial charge in [-0.25, -0.2) is 0 Å². The van der Waals surface area contributed by atoms with Gasteiger partial charge < -0.3 is 0 Å². The van der Waals surface area contributed by atoms with Crippen LogP contribution < -0.4 is 0 Å². The molecule has 0 aromatic heterocycles. The molecule has 0 N–H and O–H groups in total. The number of rotatable bonds is 1. The van der Waals surface area contributed by atoms with E-state index < -0.39 is 0 Å². The molecule has 0 fully saturated rings. The van der Waals surface area contributed by atoms with E-state index in [1.165, 1.54) is 27.9 Å². The molecule has 0 saturated heterocycles. The van der Waals surface area contributed by atoms with Crippen LogP contribution in [0.5, 0.6) is 0 Å². The smallest absolute Gasteiger partial charge is 0.0396 e. The molecular weight excluding hydrogens is 216 g/mol. The zero-order chi connectivity index (χ0) is 12.5. The molecule has 0 saturated carbocycles. The SMILES string of the molecule is C#CC1=C(/C=C\C)/C2=C/C=C\C=C/C3=C2C1=CC3. The van der Waals surface area contributed by atoms with Crippen LogP contribution in [0, 0.1) is 12.3 Å². The summed E-state index contributed by atoms with van der Waals surface area (Å²) in [4.78, 5) is 0. The van der Waals surface area contributed by atoms with Crippen LogP contribution in [0.15, 0.2) is 82.0 Å². The van der Waals surface area contributed by atoms with Gasteiger partial charge in [0.05, 0.1) is 0 Å². The van der Waals surface area contributed by atoms with Crippen LogP contribution in [0.25, 0.3) is 0 Å². The van der Waals surface area contributed by atoms with E-state index in [1.807, 2.05) is 13.0 Å². The van der Waals surface area contributed by atoms with Crippen LogP contribution in [0.2, 0.25) is 0 Å². The molecule has 0 spiro atoms. The average molecular weight is 230 g/mol. The fourth-order valence-corrected chi connectivity index (χ4v) is 2.76. The third kappa shape index (κ3) is 1.41. The van der Waals surface area contributed by atoms with Crippen molar-refractivity contribution in [3.63, 3.8) is 0 Å². The minimum Gasteiger partial charge on any atom is -0.115 e. The lowest BCUT2D eigenvalue weighted by molar-refractivity contribution is 1.30. The topological polar surface area (TPSA) is 0 Å². The molecule has 0 bridgehead atoms. The molecule has 0 heteroatoms. The maximum Gasteiger partial charge on any atom is 0.0396 e. The molecule has 3 aliphatic carbocycles. The van der Waals surface area contributed by atoms with Crippen molar-refractivity contribution in [2.24, 2.45) is 0 Å². The Balaban J connectivity index is 2.30. The number of allylic oxidation sites excluding steroid dienone is 14. The fourth-order valence-electron chi connectivity index (χ4n) is 2.76. The van der Waals surface area contributed by atoms with E-state index in [2.05, 4.69) is 48.5 Å². The molecule has 0 unspecified atom stereocenters. The largest absolute Gasteiger partial charge is 0.115 e. The molecule has 86 valence electrons. The van der Waals surface area contributed by atoms with E-state index in [1.54, 1.807) is 0 Å². The molecule has 0 aromatic rings. The minimum absolute atomic E-state index is 0.987. The molecule has 3 rings (SSSR count). The molecule has 0 nitrogen and oxygen atoms in total. The summed E-state index contributed by atoms with van der Waals surface area (Å²) in [6, 6.07) is 0. The van der Waals surface area contributed by atoms with Crippen molar-refractivity contribution in [2.45, 2.75) is 13.3 Å². The van der Waals surface area contributed by atoms with Crippen LogP contribution in [0.3, 0.4) is 0 Å². The quantitative estimate of drug-likeness (QED) is 0.593. The third-order valence-electron chi connectivity index (χ3n) is 3.47. The second-order valence-corrected chi connectivity index (χ2v) is 4.48. The summed E-state index contributed by atoms with van der Waals surface area (Å²) in [5, 5.41) is 0. The number of hydrogen-bond donors (Lipinski definition) is 0. The van der Waals surface area contributed by atoms with Gasteiger partial charge in [0, 0.05) is 5.57 Å². The van der Waals surface area contributed by atoms with Crippen LogP contribution >= 0.6 is 0 Å². The van der Waals surface area contributed by atoms with Gasteiger partial charge in [-0.2, -0.15) is 0 Å². The van der Waals surface area contributed by atoms with E-state index in [4.69, 9.17) is 6.42 Å². The summed E-state index contributed by atoms with van der Waals surface area (Å²) < 4.78 is 0. The van der Waals surface area contributed by atoms with Gasteiger partial charge >= 0.3 is 0 Å². The minimum atomic E-state index is 0.987. The molecule has 0 aromatic carbocycles. The molecule has 0 atom stereocenters. The summed E-state index contributed by atoms with van der Waals surface area (Å²) in [5.74, 6) is 2.86. The lowest BCUT2D eigenvalue weighted by Crippen LogP contribution is -1.88. The number of terminal acetylenes is 1. The molecule has 18 heavy (non-hydrogen) atoms. The lowest BCUT2D eigenvalue weighted by atomic mass is 9.97. The Labute approximate surface area is 108 Å². The van der Waals surface area contributed by atoms with E-state index in [0.29, 0.717) is 0 Å². The number of hydrogen-bond acceptors (Lipinski definition) is 0. The maximum absolute atomic E-state index is 5.70. The molecule has 0 heterocycles. The monoisotopic (exact) mass is 230 g/mol. The average Bonchev–Trinajstić information content (AvgIpc) is 2.84. The van der Waals surface area contributed by atoms with Crippen LogP contribution in [-0.4, -0.2) is 0 Å². The first-order chi connectivity index (χ1) is 8.86. The van der Waals surface area contributed by atoms with Crippen molar-refractivity contribution in [3.05, 3.63) is 82.0 Å². The van der Waals surface area contributed by atoms with Gasteiger partial charge in [0.2, 0.25) is 0 Å². The predicted octanol–water partition coefficient (Wildman–Crippen LogP) is 4.19. The standard InChI is InChI=1S/C18H14/c1-3-8-15-14(4-2)17-12-11-13-9-6-5-7-10-16(15)18(13)17/h2-3,5-10,12H,11H2,1H3/b6-5?,7-5-,8-3-,9-6-,10-7?,13-9?,16-10-. The Morgan fingerprint density at radius 1 is 1.22 bits per heavy atom. The Hall–Kier alpha value is -2.26. The normalized spacial score (nSPS) is 27.3. The van der Waals surface area contributed by atoms with Gasteiger partial charge in [-0.1, -0.05) is 54.5 Å². The van der Waals surface area contributed by atoms with Crippen molar-refractivity contribution >= 4 is 0 Å². The van der Waals surface area contributed by atoms with Crippen molar-refractivity contribution in [1.82, 2.24) is 0 Å². The van der Waals surface area contributed by atoms with E-state index in [0.717, 1.165) is 12.0 Å². The summed E-state index contributed by atoms with van der Waals surface area (Å²) in [6.45, 7) is 2.03. The van der Waals surface area contributed by atoms with Crippen LogP contribution in [0.1, 0.15) is 13.3 Å². The van der Waals surface area contributed by atoms with Gasteiger partial charge in [-0.05, 0) is 41.2 Å². The first kappa shape index (κ1) is 10.9. The fraction of sp³-hybridized carbons (Fsp3) is 0.111. The van der Waals surface area contributed by atoms with Crippen molar-refractivity contribution in [1.29, 1.82) is 0 Å². The Bertz CT molecular complexity index is 659. The van der Waals surface area contributed by atoms with Gasteiger partial charge in [0.1, 0.15) is 0 Å². The summed E-state index contributed by atoms with van der Waals surface area (Å²) in [5.41, 5.74) is 7.42. The van der Waals surface area contributed by atoms with Crippen molar-refractivity contribution < 1.29 is 0 Å². The summed E-state index contributed by atoms with van der Waals surface area (Å²) in [7, 11) is 0. The van der Waals surface area contributed by atoms with E-state index >= 15 is 0 Å². The summed E-state index contributed by atoms with van der Waals surface area (Å²) >= 11 is 0. The highest BCUT2D eigenvalue weighted by molar-refractivity contribution is 5.82. The predicted molar refractivity (Wildman–Crippen MR) is 76.8 cm³/mol. The van der Waals surface area contributed by atoms with Crippen molar-refractivity contribution in [3.8, 4) is 12.3 Å². The highest BCUT2D eigenvalue weighted by Gasteiger charge is 2.31. The molecule has 0 amide bonds. The zero-order valence-electron chi connectivity index (χ0n) is 10.4. The molecule has 3 aliphatic rings. The lowest BCUT2D eigenvalue weighted by Gasteiger charge is -2.06.